The summed E-state index contributed by atoms with van der Waals surface area (Å²) in [5.74, 6) is 0.906. The van der Waals surface area contributed by atoms with Gasteiger partial charge in [-0.05, 0) is 55.4 Å². The van der Waals surface area contributed by atoms with Crippen molar-refractivity contribution in [3.05, 3.63) is 57.3 Å². The molecule has 5 heteroatoms. The molecule has 1 aliphatic carbocycles. The standard InChI is InChI=1S/C16H18ClN3O/c17-13-3-1-2-12(10-13)11-4-6-14(7-5-11)20-16(21)9-8-15(18)19-20/h1-3,8-11,14H,4-7H2,(H2,18,19). The molecule has 1 aromatic carbocycles. The molecule has 0 saturated heterocycles. The van der Waals surface area contributed by atoms with E-state index in [0.29, 0.717) is 11.7 Å². The van der Waals surface area contributed by atoms with E-state index in [1.54, 1.807) is 10.7 Å². The van der Waals surface area contributed by atoms with Crippen molar-refractivity contribution in [2.24, 2.45) is 0 Å². The Bertz CT molecular complexity index is 690. The van der Waals surface area contributed by atoms with Crippen molar-refractivity contribution < 1.29 is 0 Å². The van der Waals surface area contributed by atoms with E-state index in [1.165, 1.54) is 11.6 Å². The molecule has 1 aromatic heterocycles. The maximum Gasteiger partial charge on any atom is 0.267 e. The molecular weight excluding hydrogens is 286 g/mol. The van der Waals surface area contributed by atoms with Gasteiger partial charge >= 0.3 is 0 Å². The lowest BCUT2D eigenvalue weighted by Crippen LogP contribution is -2.29. The van der Waals surface area contributed by atoms with E-state index < -0.39 is 0 Å². The predicted octanol–water partition coefficient (Wildman–Crippen LogP) is 3.38. The molecule has 0 amide bonds. The van der Waals surface area contributed by atoms with Crippen molar-refractivity contribution in [2.45, 2.75) is 37.6 Å². The first-order chi connectivity index (χ1) is 10.1. The summed E-state index contributed by atoms with van der Waals surface area (Å²) in [5, 5.41) is 4.95. The van der Waals surface area contributed by atoms with Crippen molar-refractivity contribution in [3.63, 3.8) is 0 Å². The number of halogens is 1. The second-order valence-corrected chi connectivity index (χ2v) is 6.04. The van der Waals surface area contributed by atoms with Gasteiger partial charge in [-0.2, -0.15) is 5.10 Å². The molecule has 3 rings (SSSR count). The van der Waals surface area contributed by atoms with Gasteiger partial charge in [0.05, 0.1) is 6.04 Å². The molecule has 0 atom stereocenters. The van der Waals surface area contributed by atoms with Crippen LogP contribution in [0.4, 0.5) is 5.82 Å². The fourth-order valence-corrected chi connectivity index (χ4v) is 3.31. The third kappa shape index (κ3) is 3.10. The number of nitrogens with two attached hydrogens (primary N) is 1. The SMILES string of the molecule is Nc1ccc(=O)n(C2CCC(c3cccc(Cl)c3)CC2)n1. The van der Waals surface area contributed by atoms with Crippen molar-refractivity contribution in [3.8, 4) is 0 Å². The highest BCUT2D eigenvalue weighted by molar-refractivity contribution is 6.30. The van der Waals surface area contributed by atoms with Crippen molar-refractivity contribution in [2.75, 3.05) is 5.73 Å². The highest BCUT2D eigenvalue weighted by atomic mass is 35.5. The molecular formula is C16H18ClN3O. The largest absolute Gasteiger partial charge is 0.382 e. The predicted molar refractivity (Wildman–Crippen MR) is 84.6 cm³/mol. The van der Waals surface area contributed by atoms with Crippen LogP contribution in [-0.4, -0.2) is 9.78 Å². The summed E-state index contributed by atoms with van der Waals surface area (Å²) >= 11 is 6.06. The van der Waals surface area contributed by atoms with Gasteiger partial charge in [-0.15, -0.1) is 0 Å². The average Bonchev–Trinajstić information content (AvgIpc) is 2.50. The zero-order valence-electron chi connectivity index (χ0n) is 11.7. The Kier molecular flexibility index (Phi) is 3.97. The minimum absolute atomic E-state index is 0.0737. The third-order valence-corrected chi connectivity index (χ3v) is 4.44. The maximum absolute atomic E-state index is 11.9. The number of nitrogen functional groups attached to an aromatic ring is 1. The van der Waals surface area contributed by atoms with Gasteiger partial charge in [0, 0.05) is 11.1 Å². The summed E-state index contributed by atoms with van der Waals surface area (Å²) in [4.78, 5) is 11.9. The minimum atomic E-state index is -0.0737. The highest BCUT2D eigenvalue weighted by Gasteiger charge is 2.24. The first-order valence-electron chi connectivity index (χ1n) is 7.24. The lowest BCUT2D eigenvalue weighted by Gasteiger charge is -2.29. The van der Waals surface area contributed by atoms with Crippen LogP contribution in [0.25, 0.3) is 0 Å². The molecule has 1 heterocycles. The zero-order chi connectivity index (χ0) is 14.8. The highest BCUT2D eigenvalue weighted by Crippen LogP contribution is 2.37. The van der Waals surface area contributed by atoms with E-state index in [0.717, 1.165) is 30.7 Å². The lowest BCUT2D eigenvalue weighted by molar-refractivity contribution is 0.295. The van der Waals surface area contributed by atoms with Crippen LogP contribution >= 0.6 is 11.6 Å². The van der Waals surface area contributed by atoms with Crippen molar-refractivity contribution in [1.29, 1.82) is 0 Å². The Morgan fingerprint density at radius 3 is 2.62 bits per heavy atom. The van der Waals surface area contributed by atoms with Crippen molar-refractivity contribution >= 4 is 17.4 Å². The van der Waals surface area contributed by atoms with Crippen LogP contribution in [0.5, 0.6) is 0 Å². The number of anilines is 1. The second-order valence-electron chi connectivity index (χ2n) is 5.60. The average molecular weight is 304 g/mol. The Morgan fingerprint density at radius 2 is 1.90 bits per heavy atom. The summed E-state index contributed by atoms with van der Waals surface area (Å²) in [7, 11) is 0. The van der Waals surface area contributed by atoms with Crippen LogP contribution < -0.4 is 11.3 Å². The van der Waals surface area contributed by atoms with E-state index >= 15 is 0 Å². The van der Waals surface area contributed by atoms with Gasteiger partial charge < -0.3 is 5.73 Å². The number of nitrogens with zero attached hydrogens (tertiary/aromatic N) is 2. The van der Waals surface area contributed by atoms with Crippen LogP contribution in [0, 0.1) is 0 Å². The summed E-state index contributed by atoms with van der Waals surface area (Å²) in [6, 6.07) is 11.2. The molecule has 1 saturated carbocycles. The number of rotatable bonds is 2. The zero-order valence-corrected chi connectivity index (χ0v) is 12.5. The molecule has 2 N–H and O–H groups in total. The summed E-state index contributed by atoms with van der Waals surface area (Å²) in [6.45, 7) is 0. The van der Waals surface area contributed by atoms with E-state index in [9.17, 15) is 4.79 Å². The maximum atomic E-state index is 11.9. The number of hydrogen-bond donors (Lipinski definition) is 1. The van der Waals surface area contributed by atoms with Gasteiger partial charge in [0.15, 0.2) is 0 Å². The fraction of sp³-hybridized carbons (Fsp3) is 0.375. The quantitative estimate of drug-likeness (QED) is 0.925. The number of aromatic nitrogens is 2. The molecule has 0 spiro atoms. The molecule has 110 valence electrons. The summed E-state index contributed by atoms with van der Waals surface area (Å²) < 4.78 is 1.55. The molecule has 1 aliphatic rings. The van der Waals surface area contributed by atoms with Crippen LogP contribution in [0.3, 0.4) is 0 Å². The Hall–Kier alpha value is -1.81. The van der Waals surface area contributed by atoms with E-state index in [4.69, 9.17) is 17.3 Å². The Morgan fingerprint density at radius 1 is 1.14 bits per heavy atom. The minimum Gasteiger partial charge on any atom is -0.382 e. The van der Waals surface area contributed by atoms with Gasteiger partial charge in [-0.3, -0.25) is 4.79 Å². The molecule has 0 radical (unpaired) electrons. The molecule has 0 bridgehead atoms. The van der Waals surface area contributed by atoms with Crippen LogP contribution in [0.2, 0.25) is 5.02 Å². The van der Waals surface area contributed by atoms with E-state index in [1.807, 2.05) is 18.2 Å². The van der Waals surface area contributed by atoms with Gasteiger partial charge in [-0.1, -0.05) is 23.7 Å². The molecule has 0 aliphatic heterocycles. The van der Waals surface area contributed by atoms with Gasteiger partial charge in [-0.25, -0.2) is 4.68 Å². The van der Waals surface area contributed by atoms with Crippen LogP contribution in [-0.2, 0) is 0 Å². The van der Waals surface area contributed by atoms with Crippen molar-refractivity contribution in [1.82, 2.24) is 9.78 Å². The van der Waals surface area contributed by atoms with Crippen LogP contribution in [0.15, 0.2) is 41.2 Å². The Balaban J connectivity index is 1.73. The monoisotopic (exact) mass is 303 g/mol. The molecule has 2 aromatic rings. The first-order valence-corrected chi connectivity index (χ1v) is 7.62. The molecule has 21 heavy (non-hydrogen) atoms. The fourth-order valence-electron chi connectivity index (χ4n) is 3.12. The van der Waals surface area contributed by atoms with E-state index in [-0.39, 0.29) is 11.6 Å². The summed E-state index contributed by atoms with van der Waals surface area (Å²) in [5.41, 5.74) is 6.90. The third-order valence-electron chi connectivity index (χ3n) is 4.21. The van der Waals surface area contributed by atoms with Gasteiger partial charge in [0.1, 0.15) is 5.82 Å². The molecule has 1 fully saturated rings. The topological polar surface area (TPSA) is 60.9 Å². The van der Waals surface area contributed by atoms with Gasteiger partial charge in [0.25, 0.3) is 5.56 Å². The number of benzene rings is 1. The summed E-state index contributed by atoms with van der Waals surface area (Å²) in [6.07, 6.45) is 3.95. The normalized spacial score (nSPS) is 22.1. The van der Waals surface area contributed by atoms with E-state index in [2.05, 4.69) is 11.2 Å². The molecule has 0 unspecified atom stereocenters. The molecule has 4 nitrogen and oxygen atoms in total. The van der Waals surface area contributed by atoms with Crippen LogP contribution in [0.1, 0.15) is 43.2 Å². The smallest absolute Gasteiger partial charge is 0.267 e. The lowest BCUT2D eigenvalue weighted by atomic mass is 9.82. The second kappa shape index (κ2) is 5.90. The van der Waals surface area contributed by atoms with Gasteiger partial charge in [0.2, 0.25) is 0 Å². The first kappa shape index (κ1) is 14.1. The number of hydrogen-bond acceptors (Lipinski definition) is 3. The Labute approximate surface area is 128 Å².